The Hall–Kier alpha value is -2.26. The van der Waals surface area contributed by atoms with Gasteiger partial charge in [-0.3, -0.25) is 0 Å². The van der Waals surface area contributed by atoms with E-state index in [1.165, 1.54) is 12.8 Å². The SMILES string of the molecule is N#Cc1ccccc1OC1CCC(NC(=O)NC2CCCC23CCOCC3)CC1. The van der Waals surface area contributed by atoms with E-state index < -0.39 is 0 Å². The summed E-state index contributed by atoms with van der Waals surface area (Å²) in [4.78, 5) is 12.6. The highest BCUT2D eigenvalue weighted by Gasteiger charge is 2.44. The predicted octanol–water partition coefficient (Wildman–Crippen LogP) is 3.90. The summed E-state index contributed by atoms with van der Waals surface area (Å²) in [6, 6.07) is 9.98. The summed E-state index contributed by atoms with van der Waals surface area (Å²) in [5.74, 6) is 0.659. The number of urea groups is 1. The smallest absolute Gasteiger partial charge is 0.315 e. The molecule has 1 unspecified atom stereocenters. The number of para-hydroxylation sites is 1. The van der Waals surface area contributed by atoms with Crippen molar-refractivity contribution in [2.45, 2.75) is 76.0 Å². The molecule has 2 saturated carbocycles. The van der Waals surface area contributed by atoms with E-state index in [1.54, 1.807) is 6.07 Å². The van der Waals surface area contributed by atoms with Crippen molar-refractivity contribution in [3.8, 4) is 11.8 Å². The van der Waals surface area contributed by atoms with Crippen LogP contribution in [0, 0.1) is 16.7 Å². The Morgan fingerprint density at radius 1 is 1.07 bits per heavy atom. The first-order valence-corrected chi connectivity index (χ1v) is 11.0. The fourth-order valence-electron chi connectivity index (χ4n) is 5.29. The minimum atomic E-state index is -0.0260. The molecule has 3 fully saturated rings. The number of rotatable bonds is 4. The van der Waals surface area contributed by atoms with Gasteiger partial charge in [0.05, 0.1) is 11.7 Å². The van der Waals surface area contributed by atoms with Crippen molar-refractivity contribution in [3.05, 3.63) is 29.8 Å². The van der Waals surface area contributed by atoms with Gasteiger partial charge in [0.15, 0.2) is 0 Å². The molecule has 1 aliphatic heterocycles. The molecule has 1 saturated heterocycles. The second kappa shape index (κ2) is 9.04. The maximum Gasteiger partial charge on any atom is 0.315 e. The molecule has 0 radical (unpaired) electrons. The van der Waals surface area contributed by atoms with Crippen molar-refractivity contribution in [3.63, 3.8) is 0 Å². The number of benzene rings is 1. The molecule has 0 aromatic heterocycles. The van der Waals surface area contributed by atoms with Crippen LogP contribution in [0.2, 0.25) is 0 Å². The maximum atomic E-state index is 12.6. The van der Waals surface area contributed by atoms with Gasteiger partial charge in [-0.05, 0) is 68.9 Å². The molecule has 6 heteroatoms. The number of carbonyl (C=O) groups is 1. The van der Waals surface area contributed by atoms with Crippen LogP contribution in [0.4, 0.5) is 4.79 Å². The van der Waals surface area contributed by atoms with Gasteiger partial charge in [-0.2, -0.15) is 5.26 Å². The molecule has 156 valence electrons. The average molecular weight is 398 g/mol. The number of ether oxygens (including phenoxy) is 2. The van der Waals surface area contributed by atoms with Crippen LogP contribution in [0.1, 0.15) is 63.4 Å². The van der Waals surface area contributed by atoms with Gasteiger partial charge in [0, 0.05) is 25.3 Å². The monoisotopic (exact) mass is 397 g/mol. The lowest BCUT2D eigenvalue weighted by molar-refractivity contribution is 0.00613. The van der Waals surface area contributed by atoms with E-state index in [2.05, 4.69) is 16.7 Å². The zero-order valence-electron chi connectivity index (χ0n) is 17.0. The summed E-state index contributed by atoms with van der Waals surface area (Å²) in [6.07, 6.45) is 9.26. The van der Waals surface area contributed by atoms with Crippen LogP contribution in [-0.2, 0) is 4.74 Å². The number of carbonyl (C=O) groups excluding carboxylic acids is 1. The third kappa shape index (κ3) is 4.67. The number of nitrogens with one attached hydrogen (secondary N) is 2. The van der Waals surface area contributed by atoms with Crippen molar-refractivity contribution >= 4 is 6.03 Å². The first-order chi connectivity index (χ1) is 14.2. The number of amides is 2. The Morgan fingerprint density at radius 3 is 2.59 bits per heavy atom. The van der Waals surface area contributed by atoms with Gasteiger partial charge in [-0.15, -0.1) is 0 Å². The number of nitriles is 1. The van der Waals surface area contributed by atoms with Crippen LogP contribution in [0.15, 0.2) is 24.3 Å². The van der Waals surface area contributed by atoms with Crippen LogP contribution >= 0.6 is 0 Å². The van der Waals surface area contributed by atoms with E-state index in [1.807, 2.05) is 18.2 Å². The molecule has 4 rings (SSSR count). The minimum Gasteiger partial charge on any atom is -0.489 e. The van der Waals surface area contributed by atoms with Gasteiger partial charge < -0.3 is 20.1 Å². The van der Waals surface area contributed by atoms with Gasteiger partial charge in [0.2, 0.25) is 0 Å². The number of hydrogen-bond donors (Lipinski definition) is 2. The van der Waals surface area contributed by atoms with E-state index in [0.717, 1.165) is 58.2 Å². The molecule has 29 heavy (non-hydrogen) atoms. The van der Waals surface area contributed by atoms with Crippen molar-refractivity contribution in [1.29, 1.82) is 5.26 Å². The molecule has 1 heterocycles. The van der Waals surface area contributed by atoms with E-state index in [9.17, 15) is 10.1 Å². The van der Waals surface area contributed by atoms with Crippen LogP contribution in [0.5, 0.6) is 5.75 Å². The van der Waals surface area contributed by atoms with Gasteiger partial charge in [-0.1, -0.05) is 18.6 Å². The Balaban J connectivity index is 1.23. The molecular formula is C23H31N3O3. The third-order valence-electron chi connectivity index (χ3n) is 7.01. The van der Waals surface area contributed by atoms with Crippen molar-refractivity contribution in [2.75, 3.05) is 13.2 Å². The Bertz CT molecular complexity index is 746. The van der Waals surface area contributed by atoms with E-state index in [0.29, 0.717) is 11.3 Å². The average Bonchev–Trinajstić information content (AvgIpc) is 3.11. The molecule has 2 amide bonds. The van der Waals surface area contributed by atoms with Gasteiger partial charge in [-0.25, -0.2) is 4.79 Å². The standard InChI is InChI=1S/C23H31N3O3/c24-16-17-4-1-2-5-20(17)29-19-9-7-18(8-10-19)25-22(27)26-21-6-3-11-23(21)12-14-28-15-13-23/h1-2,4-5,18-19,21H,3,6-15H2,(H2,25,26,27). The summed E-state index contributed by atoms with van der Waals surface area (Å²) in [5.41, 5.74) is 0.820. The summed E-state index contributed by atoms with van der Waals surface area (Å²) in [5, 5.41) is 15.7. The lowest BCUT2D eigenvalue weighted by Gasteiger charge is -2.39. The summed E-state index contributed by atoms with van der Waals surface area (Å²) < 4.78 is 11.6. The largest absolute Gasteiger partial charge is 0.489 e. The lowest BCUT2D eigenvalue weighted by atomic mass is 9.75. The van der Waals surface area contributed by atoms with Crippen molar-refractivity contribution in [1.82, 2.24) is 10.6 Å². The topological polar surface area (TPSA) is 83.4 Å². The van der Waals surface area contributed by atoms with Crippen LogP contribution in [0.3, 0.4) is 0 Å². The highest BCUT2D eigenvalue weighted by atomic mass is 16.5. The normalized spacial score (nSPS) is 28.4. The fourth-order valence-corrected chi connectivity index (χ4v) is 5.29. The first-order valence-electron chi connectivity index (χ1n) is 11.0. The summed E-state index contributed by atoms with van der Waals surface area (Å²) >= 11 is 0. The zero-order valence-corrected chi connectivity index (χ0v) is 17.0. The highest BCUT2D eigenvalue weighted by molar-refractivity contribution is 5.74. The molecule has 2 aliphatic carbocycles. The molecule has 6 nitrogen and oxygen atoms in total. The molecule has 3 aliphatic rings. The summed E-state index contributed by atoms with van der Waals surface area (Å²) in [6.45, 7) is 1.64. The number of hydrogen-bond acceptors (Lipinski definition) is 4. The highest BCUT2D eigenvalue weighted by Crippen LogP contribution is 2.45. The van der Waals surface area contributed by atoms with Crippen molar-refractivity contribution < 1.29 is 14.3 Å². The Labute approximate surface area is 172 Å². The van der Waals surface area contributed by atoms with Gasteiger partial charge in [0.1, 0.15) is 11.8 Å². The Morgan fingerprint density at radius 2 is 1.83 bits per heavy atom. The maximum absolute atomic E-state index is 12.6. The van der Waals surface area contributed by atoms with Crippen LogP contribution in [0.25, 0.3) is 0 Å². The molecule has 0 bridgehead atoms. The zero-order chi connectivity index (χ0) is 20.1. The molecule has 1 atom stereocenters. The quantitative estimate of drug-likeness (QED) is 0.807. The molecule has 1 aromatic carbocycles. The molecule has 1 aromatic rings. The summed E-state index contributed by atoms with van der Waals surface area (Å²) in [7, 11) is 0. The molecular weight excluding hydrogens is 366 g/mol. The van der Waals surface area contributed by atoms with Gasteiger partial charge in [0.25, 0.3) is 0 Å². The minimum absolute atomic E-state index is 0.0260. The van der Waals surface area contributed by atoms with E-state index in [4.69, 9.17) is 9.47 Å². The fraction of sp³-hybridized carbons (Fsp3) is 0.652. The second-order valence-electron chi connectivity index (χ2n) is 8.74. The van der Waals surface area contributed by atoms with Crippen LogP contribution < -0.4 is 15.4 Å². The van der Waals surface area contributed by atoms with E-state index >= 15 is 0 Å². The molecule has 1 spiro atoms. The lowest BCUT2D eigenvalue weighted by Crippen LogP contribution is -2.52. The molecule has 2 N–H and O–H groups in total. The predicted molar refractivity (Wildman–Crippen MR) is 110 cm³/mol. The van der Waals surface area contributed by atoms with Crippen LogP contribution in [-0.4, -0.2) is 37.4 Å². The first kappa shape index (κ1) is 20.0. The van der Waals surface area contributed by atoms with E-state index in [-0.39, 0.29) is 29.6 Å². The third-order valence-corrected chi connectivity index (χ3v) is 7.01. The second-order valence-corrected chi connectivity index (χ2v) is 8.74. The van der Waals surface area contributed by atoms with Gasteiger partial charge >= 0.3 is 6.03 Å². The number of nitrogens with zero attached hydrogens (tertiary/aromatic N) is 1. The Kier molecular flexibility index (Phi) is 6.25. The van der Waals surface area contributed by atoms with Crippen molar-refractivity contribution in [2.24, 2.45) is 5.41 Å².